The summed E-state index contributed by atoms with van der Waals surface area (Å²) in [6.07, 6.45) is 0. The van der Waals surface area contributed by atoms with Crippen LogP contribution in [0.15, 0.2) is 28.7 Å². The number of benzene rings is 1. The monoisotopic (exact) mass is 423 g/mol. The van der Waals surface area contributed by atoms with E-state index in [1.54, 1.807) is 16.8 Å². The van der Waals surface area contributed by atoms with Crippen molar-refractivity contribution in [3.8, 4) is 11.5 Å². The molecule has 0 atom stereocenters. The lowest BCUT2D eigenvalue weighted by Crippen LogP contribution is -2.54. The summed E-state index contributed by atoms with van der Waals surface area (Å²) in [4.78, 5) is 18.9. The first kappa shape index (κ1) is 19.4. The van der Waals surface area contributed by atoms with Crippen LogP contribution < -0.4 is 0 Å². The number of hydrogen-bond acceptors (Lipinski definition) is 6. The molecule has 0 saturated carbocycles. The molecule has 3 heterocycles. The number of rotatable bonds is 3. The second-order valence-corrected chi connectivity index (χ2v) is 7.60. The Morgan fingerprint density at radius 2 is 1.82 bits per heavy atom. The van der Waals surface area contributed by atoms with E-state index in [1.165, 1.54) is 0 Å². The number of nitrogens with zero attached hydrogens (tertiary/aromatic N) is 5. The number of hydrogen-bond donors (Lipinski definition) is 0. The Kier molecular flexibility index (Phi) is 5.96. The third-order valence-electron chi connectivity index (χ3n) is 4.94. The smallest absolute Gasteiger partial charge is 0.320 e. The lowest BCUT2D eigenvalue weighted by atomic mass is 10.2. The Hall–Kier alpha value is -1.94. The van der Waals surface area contributed by atoms with Crippen molar-refractivity contribution in [1.82, 2.24) is 24.5 Å². The number of aromatic nitrogens is 2. The summed E-state index contributed by atoms with van der Waals surface area (Å²) in [6, 6.07) is 7.42. The van der Waals surface area contributed by atoms with Gasteiger partial charge in [0.1, 0.15) is 0 Å². The minimum absolute atomic E-state index is 0.101. The molecule has 0 radical (unpaired) electrons. The number of carbonyl (C=O) groups is 1. The molecule has 150 valence electrons. The van der Waals surface area contributed by atoms with Crippen LogP contribution in [0.3, 0.4) is 0 Å². The predicted octanol–water partition coefficient (Wildman–Crippen LogP) is 2.55. The van der Waals surface area contributed by atoms with Gasteiger partial charge in [0.15, 0.2) is 0 Å². The van der Waals surface area contributed by atoms with E-state index in [0.29, 0.717) is 61.8 Å². The van der Waals surface area contributed by atoms with Crippen LogP contribution in [-0.4, -0.2) is 83.0 Å². The standard InChI is InChI=1S/C18H22ClN5O3S/c19-15-3-1-2-14(12-15)16-20-24(18(28)27-16)13-21-4-6-22(7-5-21)17(25)23-8-10-26-11-9-23/h1-3,12H,4-11,13H2. The van der Waals surface area contributed by atoms with Crippen LogP contribution in [0.25, 0.3) is 11.5 Å². The Bertz CT molecular complexity index is 887. The second-order valence-electron chi connectivity index (χ2n) is 6.81. The molecule has 1 aromatic carbocycles. The first-order valence-corrected chi connectivity index (χ1v) is 10.1. The van der Waals surface area contributed by atoms with Gasteiger partial charge in [-0.25, -0.2) is 9.48 Å². The second kappa shape index (κ2) is 8.60. The number of urea groups is 1. The van der Waals surface area contributed by atoms with E-state index < -0.39 is 0 Å². The molecule has 4 rings (SSSR count). The van der Waals surface area contributed by atoms with Crippen molar-refractivity contribution < 1.29 is 13.9 Å². The fraction of sp³-hybridized carbons (Fsp3) is 0.500. The van der Waals surface area contributed by atoms with Crippen LogP contribution in [-0.2, 0) is 11.4 Å². The van der Waals surface area contributed by atoms with Crippen molar-refractivity contribution in [3.63, 3.8) is 0 Å². The third kappa shape index (κ3) is 4.38. The topological polar surface area (TPSA) is 67.0 Å². The quantitative estimate of drug-likeness (QED) is 0.707. The summed E-state index contributed by atoms with van der Waals surface area (Å²) in [7, 11) is 0. The highest BCUT2D eigenvalue weighted by Gasteiger charge is 2.26. The fourth-order valence-electron chi connectivity index (χ4n) is 3.36. The van der Waals surface area contributed by atoms with E-state index >= 15 is 0 Å². The van der Waals surface area contributed by atoms with E-state index in [9.17, 15) is 4.79 Å². The number of ether oxygens (including phenoxy) is 1. The zero-order valence-electron chi connectivity index (χ0n) is 15.4. The van der Waals surface area contributed by atoms with E-state index in [4.69, 9.17) is 33.0 Å². The van der Waals surface area contributed by atoms with Gasteiger partial charge in [-0.3, -0.25) is 4.90 Å². The largest absolute Gasteiger partial charge is 0.409 e. The van der Waals surface area contributed by atoms with Crippen molar-refractivity contribution >= 4 is 29.8 Å². The molecule has 2 aliphatic rings. The van der Waals surface area contributed by atoms with Gasteiger partial charge in [0.05, 0.1) is 19.9 Å². The molecule has 28 heavy (non-hydrogen) atoms. The van der Waals surface area contributed by atoms with Gasteiger partial charge in [0, 0.05) is 49.9 Å². The highest BCUT2D eigenvalue weighted by atomic mass is 35.5. The van der Waals surface area contributed by atoms with Crippen LogP contribution >= 0.6 is 23.8 Å². The molecule has 2 saturated heterocycles. The highest BCUT2D eigenvalue weighted by Crippen LogP contribution is 2.21. The fourth-order valence-corrected chi connectivity index (χ4v) is 3.73. The lowest BCUT2D eigenvalue weighted by Gasteiger charge is -2.38. The zero-order valence-corrected chi connectivity index (χ0v) is 17.0. The summed E-state index contributed by atoms with van der Waals surface area (Å²) in [5, 5.41) is 5.11. The third-order valence-corrected chi connectivity index (χ3v) is 5.47. The number of piperazine rings is 1. The molecule has 0 bridgehead atoms. The zero-order chi connectivity index (χ0) is 19.5. The predicted molar refractivity (Wildman–Crippen MR) is 107 cm³/mol. The summed E-state index contributed by atoms with van der Waals surface area (Å²) < 4.78 is 12.6. The maximum atomic E-state index is 12.6. The van der Waals surface area contributed by atoms with Crippen LogP contribution in [0.1, 0.15) is 0 Å². The summed E-state index contributed by atoms with van der Waals surface area (Å²) in [5.74, 6) is 0.452. The van der Waals surface area contributed by atoms with E-state index in [2.05, 4.69) is 10.00 Å². The Morgan fingerprint density at radius 3 is 2.54 bits per heavy atom. The van der Waals surface area contributed by atoms with Crippen LogP contribution in [0, 0.1) is 4.84 Å². The molecule has 10 heteroatoms. The lowest BCUT2D eigenvalue weighted by molar-refractivity contribution is 0.0353. The SMILES string of the molecule is O=C(N1CCOCC1)N1CCN(Cn2nc(-c3cccc(Cl)c3)oc2=S)CC1. The summed E-state index contributed by atoms with van der Waals surface area (Å²) in [6.45, 7) is 5.98. The first-order chi connectivity index (χ1) is 13.6. The van der Waals surface area contributed by atoms with Crippen molar-refractivity contribution in [2.24, 2.45) is 0 Å². The normalized spacial score (nSPS) is 18.5. The molecule has 1 aromatic heterocycles. The Balaban J connectivity index is 1.35. The summed E-state index contributed by atoms with van der Waals surface area (Å²) >= 11 is 11.4. The van der Waals surface area contributed by atoms with Crippen molar-refractivity contribution in [2.75, 3.05) is 52.5 Å². The number of carbonyl (C=O) groups excluding carboxylic acids is 1. The molecule has 0 spiro atoms. The van der Waals surface area contributed by atoms with Gasteiger partial charge in [-0.05, 0) is 30.4 Å². The molecule has 2 fully saturated rings. The minimum Gasteiger partial charge on any atom is -0.409 e. The average molecular weight is 424 g/mol. The van der Waals surface area contributed by atoms with Crippen LogP contribution in [0.5, 0.6) is 0 Å². The van der Waals surface area contributed by atoms with Gasteiger partial charge < -0.3 is 19.0 Å². The van der Waals surface area contributed by atoms with Gasteiger partial charge in [0.25, 0.3) is 4.84 Å². The van der Waals surface area contributed by atoms with Gasteiger partial charge in [0.2, 0.25) is 5.89 Å². The average Bonchev–Trinajstić information content (AvgIpc) is 3.09. The van der Waals surface area contributed by atoms with Crippen LogP contribution in [0.2, 0.25) is 5.02 Å². The molecular formula is C18H22ClN5O3S. The molecule has 0 N–H and O–H groups in total. The molecular weight excluding hydrogens is 402 g/mol. The maximum Gasteiger partial charge on any atom is 0.320 e. The van der Waals surface area contributed by atoms with Crippen molar-refractivity contribution in [3.05, 3.63) is 34.1 Å². The molecule has 2 amide bonds. The van der Waals surface area contributed by atoms with E-state index in [0.717, 1.165) is 18.7 Å². The van der Waals surface area contributed by atoms with Crippen molar-refractivity contribution in [1.29, 1.82) is 0 Å². The van der Waals surface area contributed by atoms with Gasteiger partial charge in [-0.2, -0.15) is 0 Å². The molecule has 2 aliphatic heterocycles. The number of amides is 2. The molecule has 8 nitrogen and oxygen atoms in total. The van der Waals surface area contributed by atoms with E-state index in [-0.39, 0.29) is 6.03 Å². The Labute approximate surface area is 173 Å². The molecule has 0 unspecified atom stereocenters. The van der Waals surface area contributed by atoms with Gasteiger partial charge >= 0.3 is 6.03 Å². The maximum absolute atomic E-state index is 12.6. The van der Waals surface area contributed by atoms with E-state index in [1.807, 2.05) is 21.9 Å². The number of morpholine rings is 1. The first-order valence-electron chi connectivity index (χ1n) is 9.28. The summed E-state index contributed by atoms with van der Waals surface area (Å²) in [5.41, 5.74) is 0.790. The molecule has 0 aliphatic carbocycles. The molecule has 2 aromatic rings. The highest BCUT2D eigenvalue weighted by molar-refractivity contribution is 7.71. The van der Waals surface area contributed by atoms with Crippen molar-refractivity contribution in [2.45, 2.75) is 6.67 Å². The van der Waals surface area contributed by atoms with Crippen LogP contribution in [0.4, 0.5) is 4.79 Å². The Morgan fingerprint density at radius 1 is 1.11 bits per heavy atom. The minimum atomic E-state index is 0.101. The van der Waals surface area contributed by atoms with Gasteiger partial charge in [-0.15, -0.1) is 5.10 Å². The number of halogens is 1. The van der Waals surface area contributed by atoms with Gasteiger partial charge in [-0.1, -0.05) is 17.7 Å².